The minimum absolute atomic E-state index is 0.0575. The Morgan fingerprint density at radius 3 is 2.85 bits per heavy atom. The molecule has 2 N–H and O–H groups in total. The lowest BCUT2D eigenvalue weighted by Gasteiger charge is -2.34. The molecule has 2 heterocycles. The Morgan fingerprint density at radius 2 is 2.15 bits per heavy atom. The summed E-state index contributed by atoms with van der Waals surface area (Å²) in [6, 6.07) is 2.81. The SMILES string of the molecule is COCC(=O)N[C@H]1C[C@H]2COc3ccc(F)cc3C(=O)NCC[C@H](N(C)CC(C)C)C(=O)N2C1. The normalized spacial score (nSPS) is 23.5. The number of carbonyl (C=O) groups is 3. The maximum absolute atomic E-state index is 13.9. The molecule has 1 fully saturated rings. The molecular formula is C24H35FN4O5. The zero-order valence-corrected chi connectivity index (χ0v) is 20.3. The van der Waals surface area contributed by atoms with E-state index in [0.717, 1.165) is 6.07 Å². The first-order valence-corrected chi connectivity index (χ1v) is 11.7. The van der Waals surface area contributed by atoms with Crippen LogP contribution in [0.15, 0.2) is 18.2 Å². The quantitative estimate of drug-likeness (QED) is 0.634. The van der Waals surface area contributed by atoms with Gasteiger partial charge in [0.1, 0.15) is 24.8 Å². The van der Waals surface area contributed by atoms with E-state index in [4.69, 9.17) is 9.47 Å². The van der Waals surface area contributed by atoms with Gasteiger partial charge in [0.15, 0.2) is 0 Å². The van der Waals surface area contributed by atoms with E-state index >= 15 is 0 Å². The summed E-state index contributed by atoms with van der Waals surface area (Å²) in [7, 11) is 3.35. The molecule has 3 rings (SSSR count). The lowest BCUT2D eigenvalue weighted by atomic mass is 10.1. The number of rotatable bonds is 6. The Hall–Kier alpha value is -2.72. The number of methoxy groups -OCH3 is 1. The summed E-state index contributed by atoms with van der Waals surface area (Å²) in [6.07, 6.45) is 0.910. The molecule has 0 bridgehead atoms. The first-order valence-electron chi connectivity index (χ1n) is 11.7. The van der Waals surface area contributed by atoms with Crippen molar-refractivity contribution in [1.29, 1.82) is 0 Å². The van der Waals surface area contributed by atoms with Gasteiger partial charge in [0.2, 0.25) is 11.8 Å². The fourth-order valence-electron chi connectivity index (χ4n) is 4.69. The highest BCUT2D eigenvalue weighted by Crippen LogP contribution is 2.26. The number of hydrogen-bond acceptors (Lipinski definition) is 6. The molecule has 1 saturated heterocycles. The van der Waals surface area contributed by atoms with Crippen LogP contribution in [-0.2, 0) is 14.3 Å². The standard InChI is InChI=1S/C24H35FN4O5/c1-15(2)11-28(3)20-7-8-26-23(31)19-9-16(25)5-6-21(19)34-13-18-10-17(12-29(18)24(20)32)27-22(30)14-33-4/h5-6,9,15,17-18,20H,7-8,10-14H2,1-4H3,(H,26,31)(H,27,30)/t17-,18-,20-/m0/s1. The summed E-state index contributed by atoms with van der Waals surface area (Å²) in [5.41, 5.74) is 0.119. The molecule has 2 aliphatic rings. The molecule has 34 heavy (non-hydrogen) atoms. The largest absolute Gasteiger partial charge is 0.491 e. The van der Waals surface area contributed by atoms with Crippen LogP contribution in [0, 0.1) is 11.7 Å². The Balaban J connectivity index is 1.89. The van der Waals surface area contributed by atoms with Crippen LogP contribution in [0.2, 0.25) is 0 Å². The molecule has 10 heteroatoms. The summed E-state index contributed by atoms with van der Waals surface area (Å²) in [5.74, 6) is -0.675. The van der Waals surface area contributed by atoms with E-state index in [1.54, 1.807) is 4.90 Å². The van der Waals surface area contributed by atoms with Crippen LogP contribution in [0.25, 0.3) is 0 Å². The highest BCUT2D eigenvalue weighted by molar-refractivity contribution is 5.97. The third-order valence-electron chi connectivity index (χ3n) is 6.13. The molecule has 3 atom stereocenters. The van der Waals surface area contributed by atoms with Gasteiger partial charge in [-0.25, -0.2) is 4.39 Å². The highest BCUT2D eigenvalue weighted by atomic mass is 19.1. The van der Waals surface area contributed by atoms with E-state index in [1.165, 1.54) is 19.2 Å². The predicted octanol–water partition coefficient (Wildman–Crippen LogP) is 1.03. The first kappa shape index (κ1) is 25.9. The molecule has 1 aromatic rings. The van der Waals surface area contributed by atoms with Crippen molar-refractivity contribution in [2.75, 3.05) is 47.0 Å². The van der Waals surface area contributed by atoms with Gasteiger partial charge in [-0.3, -0.25) is 19.3 Å². The Bertz CT molecular complexity index is 896. The maximum atomic E-state index is 13.9. The number of benzene rings is 1. The number of likely N-dealkylation sites (N-methyl/N-ethyl adjacent to an activating group) is 1. The average molecular weight is 479 g/mol. The van der Waals surface area contributed by atoms with E-state index in [9.17, 15) is 18.8 Å². The topological polar surface area (TPSA) is 100 Å². The molecule has 1 aromatic carbocycles. The van der Waals surface area contributed by atoms with Gasteiger partial charge in [-0.1, -0.05) is 13.8 Å². The molecule has 9 nitrogen and oxygen atoms in total. The van der Waals surface area contributed by atoms with Crippen molar-refractivity contribution in [3.8, 4) is 5.75 Å². The summed E-state index contributed by atoms with van der Waals surface area (Å²) in [6.45, 7) is 5.54. The highest BCUT2D eigenvalue weighted by Gasteiger charge is 2.40. The second-order valence-corrected chi connectivity index (χ2v) is 9.42. The van der Waals surface area contributed by atoms with E-state index in [1.807, 2.05) is 11.9 Å². The van der Waals surface area contributed by atoms with Gasteiger partial charge in [0.05, 0.1) is 17.6 Å². The van der Waals surface area contributed by atoms with Crippen LogP contribution in [0.5, 0.6) is 5.75 Å². The number of nitrogens with one attached hydrogen (secondary N) is 2. The smallest absolute Gasteiger partial charge is 0.255 e. The number of halogens is 1. The van der Waals surface area contributed by atoms with Gasteiger partial charge in [-0.2, -0.15) is 0 Å². The van der Waals surface area contributed by atoms with Gasteiger partial charge < -0.3 is 25.0 Å². The third kappa shape index (κ3) is 6.44. The number of amides is 3. The molecule has 0 aromatic heterocycles. The van der Waals surface area contributed by atoms with Crippen molar-refractivity contribution in [2.24, 2.45) is 5.92 Å². The van der Waals surface area contributed by atoms with Crippen molar-refractivity contribution >= 4 is 17.7 Å². The first-order chi connectivity index (χ1) is 16.2. The monoisotopic (exact) mass is 478 g/mol. The molecule has 3 amide bonds. The van der Waals surface area contributed by atoms with Crippen molar-refractivity contribution in [1.82, 2.24) is 20.4 Å². The van der Waals surface area contributed by atoms with Gasteiger partial charge in [0.25, 0.3) is 5.91 Å². The van der Waals surface area contributed by atoms with Crippen molar-refractivity contribution < 1.29 is 28.2 Å². The van der Waals surface area contributed by atoms with Crippen LogP contribution in [0.3, 0.4) is 0 Å². The molecular weight excluding hydrogens is 443 g/mol. The van der Waals surface area contributed by atoms with Gasteiger partial charge in [-0.05, 0) is 44.0 Å². The van der Waals surface area contributed by atoms with Crippen molar-refractivity contribution in [3.05, 3.63) is 29.6 Å². The van der Waals surface area contributed by atoms with Crippen LogP contribution >= 0.6 is 0 Å². The lowest BCUT2D eigenvalue weighted by molar-refractivity contribution is -0.138. The zero-order valence-electron chi connectivity index (χ0n) is 20.3. The average Bonchev–Trinajstić information content (AvgIpc) is 3.16. The van der Waals surface area contributed by atoms with E-state index in [-0.39, 0.29) is 55.0 Å². The van der Waals surface area contributed by atoms with E-state index < -0.39 is 17.8 Å². The molecule has 0 aliphatic carbocycles. The number of carbonyl (C=O) groups excluding carboxylic acids is 3. The summed E-state index contributed by atoms with van der Waals surface area (Å²) in [4.78, 5) is 42.3. The third-order valence-corrected chi connectivity index (χ3v) is 6.13. The second-order valence-electron chi connectivity index (χ2n) is 9.42. The number of hydrogen-bond donors (Lipinski definition) is 2. The molecule has 0 radical (unpaired) electrons. The Morgan fingerprint density at radius 1 is 1.38 bits per heavy atom. The Labute approximate surface area is 199 Å². The summed E-state index contributed by atoms with van der Waals surface area (Å²) >= 11 is 0. The van der Waals surface area contributed by atoms with E-state index in [0.29, 0.717) is 31.8 Å². The summed E-state index contributed by atoms with van der Waals surface area (Å²) in [5, 5.41) is 5.72. The fourth-order valence-corrected chi connectivity index (χ4v) is 4.69. The van der Waals surface area contributed by atoms with Crippen molar-refractivity contribution in [2.45, 2.75) is 44.8 Å². The molecule has 2 aliphatic heterocycles. The predicted molar refractivity (Wildman–Crippen MR) is 124 cm³/mol. The summed E-state index contributed by atoms with van der Waals surface area (Å²) < 4.78 is 24.7. The van der Waals surface area contributed by atoms with Crippen LogP contribution < -0.4 is 15.4 Å². The minimum Gasteiger partial charge on any atom is -0.491 e. The molecule has 188 valence electrons. The van der Waals surface area contributed by atoms with Crippen LogP contribution in [-0.4, -0.2) is 92.7 Å². The fraction of sp³-hybridized carbons (Fsp3) is 0.625. The lowest BCUT2D eigenvalue weighted by Crippen LogP contribution is -2.52. The van der Waals surface area contributed by atoms with Crippen LogP contribution in [0.1, 0.15) is 37.0 Å². The van der Waals surface area contributed by atoms with Gasteiger partial charge in [0, 0.05) is 32.8 Å². The van der Waals surface area contributed by atoms with E-state index in [2.05, 4.69) is 24.5 Å². The van der Waals surface area contributed by atoms with Crippen molar-refractivity contribution in [3.63, 3.8) is 0 Å². The van der Waals surface area contributed by atoms with Gasteiger partial charge in [-0.15, -0.1) is 0 Å². The molecule has 0 saturated carbocycles. The maximum Gasteiger partial charge on any atom is 0.255 e. The Kier molecular flexibility index (Phi) is 8.84. The van der Waals surface area contributed by atoms with Crippen LogP contribution in [0.4, 0.5) is 4.39 Å². The molecule has 0 spiro atoms. The number of nitrogens with zero attached hydrogens (tertiary/aromatic N) is 2. The zero-order chi connectivity index (χ0) is 24.8. The number of fused-ring (bicyclic) bond motifs is 2. The van der Waals surface area contributed by atoms with Gasteiger partial charge >= 0.3 is 0 Å². The number of ether oxygens (including phenoxy) is 2. The minimum atomic E-state index is -0.530. The second kappa shape index (κ2) is 11.6. The molecule has 0 unspecified atom stereocenters.